The monoisotopic (exact) mass is 300 g/mol. The summed E-state index contributed by atoms with van der Waals surface area (Å²) in [5, 5.41) is 4.59. The van der Waals surface area contributed by atoms with Gasteiger partial charge in [-0.15, -0.1) is 22.7 Å². The van der Waals surface area contributed by atoms with E-state index in [1.54, 1.807) is 11.9 Å². The van der Waals surface area contributed by atoms with Crippen molar-refractivity contribution in [1.29, 1.82) is 0 Å². The minimum atomic E-state index is -0.0195. The molecule has 1 amide bonds. The summed E-state index contributed by atoms with van der Waals surface area (Å²) in [5.41, 5.74) is 1.96. The lowest BCUT2D eigenvalue weighted by molar-refractivity contribution is 0.0997. The van der Waals surface area contributed by atoms with E-state index in [0.29, 0.717) is 5.13 Å². The summed E-state index contributed by atoms with van der Waals surface area (Å²) >= 11 is 2.92. The maximum absolute atomic E-state index is 12.3. The van der Waals surface area contributed by atoms with Crippen molar-refractivity contribution in [2.75, 3.05) is 11.9 Å². The van der Waals surface area contributed by atoms with Crippen LogP contribution in [0.25, 0.3) is 11.3 Å². The zero-order chi connectivity index (χ0) is 13.9. The molecule has 2 aromatic heterocycles. The molecule has 20 heavy (non-hydrogen) atoms. The molecule has 1 aromatic carbocycles. The minimum Gasteiger partial charge on any atom is -0.286 e. The summed E-state index contributed by atoms with van der Waals surface area (Å²) in [6.07, 6.45) is 0. The van der Waals surface area contributed by atoms with E-state index in [0.717, 1.165) is 16.1 Å². The number of carbonyl (C=O) groups excluding carboxylic acids is 1. The van der Waals surface area contributed by atoms with E-state index in [-0.39, 0.29) is 5.91 Å². The second kappa shape index (κ2) is 5.56. The molecule has 0 fully saturated rings. The zero-order valence-corrected chi connectivity index (χ0v) is 12.4. The van der Waals surface area contributed by atoms with E-state index in [9.17, 15) is 4.79 Å². The first-order chi connectivity index (χ1) is 9.75. The van der Waals surface area contributed by atoms with Crippen LogP contribution in [0.2, 0.25) is 0 Å². The number of hydrogen-bond acceptors (Lipinski definition) is 4. The topological polar surface area (TPSA) is 33.2 Å². The van der Waals surface area contributed by atoms with Crippen molar-refractivity contribution >= 4 is 33.7 Å². The van der Waals surface area contributed by atoms with Crippen molar-refractivity contribution in [2.24, 2.45) is 0 Å². The van der Waals surface area contributed by atoms with Gasteiger partial charge in [0, 0.05) is 18.0 Å². The Morgan fingerprint density at radius 3 is 2.60 bits per heavy atom. The summed E-state index contributed by atoms with van der Waals surface area (Å²) in [6, 6.07) is 13.7. The molecule has 0 N–H and O–H groups in total. The number of nitrogens with zero attached hydrogens (tertiary/aromatic N) is 2. The summed E-state index contributed by atoms with van der Waals surface area (Å²) in [5.74, 6) is -0.0195. The smallest absolute Gasteiger partial charge is 0.269 e. The number of benzene rings is 1. The first-order valence-electron chi connectivity index (χ1n) is 6.08. The molecule has 0 unspecified atom stereocenters. The lowest BCUT2D eigenvalue weighted by Crippen LogP contribution is -2.25. The van der Waals surface area contributed by atoms with Crippen LogP contribution in [0, 0.1) is 0 Å². The minimum absolute atomic E-state index is 0.0195. The largest absolute Gasteiger partial charge is 0.286 e. The molecule has 0 saturated carbocycles. The third kappa shape index (κ3) is 2.50. The maximum Gasteiger partial charge on any atom is 0.269 e. The van der Waals surface area contributed by atoms with Crippen LogP contribution < -0.4 is 4.90 Å². The summed E-state index contributed by atoms with van der Waals surface area (Å²) in [6.45, 7) is 0. The van der Waals surface area contributed by atoms with E-state index < -0.39 is 0 Å². The molecule has 0 saturated heterocycles. The highest BCUT2D eigenvalue weighted by atomic mass is 32.1. The highest BCUT2D eigenvalue weighted by Gasteiger charge is 2.17. The Balaban J connectivity index is 1.85. The van der Waals surface area contributed by atoms with Crippen LogP contribution in [0.5, 0.6) is 0 Å². The van der Waals surface area contributed by atoms with Crippen LogP contribution in [0.1, 0.15) is 9.67 Å². The van der Waals surface area contributed by atoms with Crippen molar-refractivity contribution < 1.29 is 4.79 Å². The van der Waals surface area contributed by atoms with Crippen molar-refractivity contribution in [2.45, 2.75) is 0 Å². The summed E-state index contributed by atoms with van der Waals surface area (Å²) in [7, 11) is 1.76. The summed E-state index contributed by atoms with van der Waals surface area (Å²) in [4.78, 5) is 19.1. The average molecular weight is 300 g/mol. The average Bonchev–Trinajstić information content (AvgIpc) is 3.18. The van der Waals surface area contributed by atoms with Crippen LogP contribution in [-0.4, -0.2) is 17.9 Å². The molecule has 0 aliphatic rings. The first kappa shape index (κ1) is 13.0. The molecule has 0 atom stereocenters. The molecule has 3 rings (SSSR count). The molecule has 3 nitrogen and oxygen atoms in total. The standard InChI is InChI=1S/C15H12N2OS2/c1-17(14(18)13-8-5-9-19-13)15-16-12(10-20-15)11-6-3-2-4-7-11/h2-10H,1H3. The van der Waals surface area contributed by atoms with Gasteiger partial charge in [0.25, 0.3) is 5.91 Å². The molecular weight excluding hydrogens is 288 g/mol. The third-order valence-corrected chi connectivity index (χ3v) is 4.66. The Morgan fingerprint density at radius 1 is 1.10 bits per heavy atom. The molecule has 2 heterocycles. The van der Waals surface area contributed by atoms with E-state index in [1.807, 2.05) is 53.2 Å². The number of anilines is 1. The van der Waals surface area contributed by atoms with Gasteiger partial charge in [-0.1, -0.05) is 36.4 Å². The number of thiazole rings is 1. The number of amides is 1. The van der Waals surface area contributed by atoms with Gasteiger partial charge in [-0.25, -0.2) is 4.98 Å². The van der Waals surface area contributed by atoms with Gasteiger partial charge < -0.3 is 0 Å². The lowest BCUT2D eigenvalue weighted by Gasteiger charge is -2.12. The van der Waals surface area contributed by atoms with Gasteiger partial charge in [0.15, 0.2) is 5.13 Å². The third-order valence-electron chi connectivity index (χ3n) is 2.89. The number of thiophene rings is 1. The Bertz CT molecular complexity index is 705. The Hall–Kier alpha value is -1.98. The molecule has 3 aromatic rings. The molecule has 0 radical (unpaired) electrons. The second-order valence-corrected chi connectivity index (χ2v) is 6.01. The Morgan fingerprint density at radius 2 is 1.90 bits per heavy atom. The molecule has 0 aliphatic carbocycles. The van der Waals surface area contributed by atoms with Gasteiger partial charge >= 0.3 is 0 Å². The lowest BCUT2D eigenvalue weighted by atomic mass is 10.2. The van der Waals surface area contributed by atoms with Gasteiger partial charge in [0.2, 0.25) is 0 Å². The predicted molar refractivity (Wildman–Crippen MR) is 84.6 cm³/mol. The fraction of sp³-hybridized carbons (Fsp3) is 0.0667. The molecular formula is C15H12N2OS2. The number of carbonyl (C=O) groups is 1. The van der Waals surface area contributed by atoms with E-state index in [1.165, 1.54) is 22.7 Å². The molecule has 100 valence electrons. The SMILES string of the molecule is CN(C(=O)c1cccs1)c1nc(-c2ccccc2)cs1. The maximum atomic E-state index is 12.3. The van der Waals surface area contributed by atoms with Crippen molar-refractivity contribution in [1.82, 2.24) is 4.98 Å². The van der Waals surface area contributed by atoms with Crippen LogP contribution in [-0.2, 0) is 0 Å². The second-order valence-electron chi connectivity index (χ2n) is 4.22. The van der Waals surface area contributed by atoms with Gasteiger partial charge in [-0.3, -0.25) is 9.69 Å². The molecule has 0 bridgehead atoms. The van der Waals surface area contributed by atoms with Gasteiger partial charge in [-0.2, -0.15) is 0 Å². The Kier molecular flexibility index (Phi) is 3.62. The van der Waals surface area contributed by atoms with Gasteiger partial charge in [0.1, 0.15) is 0 Å². The van der Waals surface area contributed by atoms with Crippen molar-refractivity contribution in [3.63, 3.8) is 0 Å². The molecule has 5 heteroatoms. The fourth-order valence-corrected chi connectivity index (χ4v) is 3.31. The fourth-order valence-electron chi connectivity index (χ4n) is 1.81. The normalized spacial score (nSPS) is 10.4. The van der Waals surface area contributed by atoms with Crippen LogP contribution in [0.3, 0.4) is 0 Å². The van der Waals surface area contributed by atoms with Crippen molar-refractivity contribution in [3.8, 4) is 11.3 Å². The number of hydrogen-bond donors (Lipinski definition) is 0. The molecule has 0 aliphatic heterocycles. The highest BCUT2D eigenvalue weighted by Crippen LogP contribution is 2.27. The number of aromatic nitrogens is 1. The van der Waals surface area contributed by atoms with Crippen molar-refractivity contribution in [3.05, 3.63) is 58.1 Å². The summed E-state index contributed by atoms with van der Waals surface area (Å²) < 4.78 is 0. The van der Waals surface area contributed by atoms with Crippen LogP contribution in [0.4, 0.5) is 5.13 Å². The Labute approximate surface area is 125 Å². The number of rotatable bonds is 3. The van der Waals surface area contributed by atoms with E-state index in [2.05, 4.69) is 4.98 Å². The first-order valence-corrected chi connectivity index (χ1v) is 7.84. The quantitative estimate of drug-likeness (QED) is 0.728. The highest BCUT2D eigenvalue weighted by molar-refractivity contribution is 7.14. The predicted octanol–water partition coefficient (Wildman–Crippen LogP) is 4.15. The van der Waals surface area contributed by atoms with E-state index in [4.69, 9.17) is 0 Å². The van der Waals surface area contributed by atoms with Gasteiger partial charge in [-0.05, 0) is 11.4 Å². The zero-order valence-electron chi connectivity index (χ0n) is 10.8. The van der Waals surface area contributed by atoms with E-state index >= 15 is 0 Å². The van der Waals surface area contributed by atoms with Crippen LogP contribution >= 0.6 is 22.7 Å². The molecule has 0 spiro atoms. The van der Waals surface area contributed by atoms with Crippen LogP contribution in [0.15, 0.2) is 53.2 Å². The van der Waals surface area contributed by atoms with Gasteiger partial charge in [0.05, 0.1) is 10.6 Å².